The lowest BCUT2D eigenvalue weighted by Crippen LogP contribution is -2.25. The molecule has 0 saturated carbocycles. The predicted molar refractivity (Wildman–Crippen MR) is 89.4 cm³/mol. The smallest absolute Gasteiger partial charge is 0.143 e. The van der Waals surface area contributed by atoms with Gasteiger partial charge in [0.05, 0.1) is 8.95 Å². The van der Waals surface area contributed by atoms with E-state index in [1.165, 1.54) is 24.8 Å². The van der Waals surface area contributed by atoms with Gasteiger partial charge in [0, 0.05) is 12.6 Å². The normalized spacial score (nSPS) is 11.7. The van der Waals surface area contributed by atoms with Gasteiger partial charge in [0.2, 0.25) is 0 Å². The fourth-order valence-corrected chi connectivity index (χ4v) is 2.62. The van der Waals surface area contributed by atoms with E-state index in [-0.39, 0.29) is 11.8 Å². The lowest BCUT2D eigenvalue weighted by atomic mass is 10.1. The van der Waals surface area contributed by atoms with Gasteiger partial charge in [-0.2, -0.15) is 0 Å². The van der Waals surface area contributed by atoms with Crippen molar-refractivity contribution in [2.24, 2.45) is 11.5 Å². The quantitative estimate of drug-likeness (QED) is 0.661. The Hall–Kier alpha value is -0.100. The van der Waals surface area contributed by atoms with Crippen LogP contribution in [-0.4, -0.2) is 17.7 Å². The monoisotopic (exact) mass is 394 g/mol. The van der Waals surface area contributed by atoms with E-state index in [0.717, 1.165) is 15.4 Å². The summed E-state index contributed by atoms with van der Waals surface area (Å²) < 4.78 is 1.52. The molecule has 0 fully saturated rings. The third-order valence-electron chi connectivity index (χ3n) is 2.52. The van der Waals surface area contributed by atoms with Crippen molar-refractivity contribution in [3.63, 3.8) is 0 Å². The zero-order valence-electron chi connectivity index (χ0n) is 11.6. The van der Waals surface area contributed by atoms with E-state index < -0.39 is 0 Å². The van der Waals surface area contributed by atoms with Crippen LogP contribution in [-0.2, 0) is 6.42 Å². The maximum Gasteiger partial charge on any atom is 0.143 e. The first-order valence-electron chi connectivity index (χ1n) is 6.54. The van der Waals surface area contributed by atoms with Crippen LogP contribution in [0.5, 0.6) is 5.75 Å². The molecule has 0 radical (unpaired) electrons. The van der Waals surface area contributed by atoms with E-state index in [0.29, 0.717) is 6.54 Å². The van der Waals surface area contributed by atoms with Gasteiger partial charge in [-0.05, 0) is 69.3 Å². The second-order valence-electron chi connectivity index (χ2n) is 4.58. The summed E-state index contributed by atoms with van der Waals surface area (Å²) in [5.41, 5.74) is 11.5. The molecule has 0 heterocycles. The fraction of sp³-hybridized carbons (Fsp3) is 0.571. The molecule has 5 heteroatoms. The van der Waals surface area contributed by atoms with Crippen LogP contribution >= 0.6 is 31.9 Å². The number of hydrogen-bond donors (Lipinski definition) is 3. The molecule has 0 spiro atoms. The summed E-state index contributed by atoms with van der Waals surface area (Å²) in [6.45, 7) is 4.66. The maximum atomic E-state index is 9.51. The topological polar surface area (TPSA) is 72.3 Å². The van der Waals surface area contributed by atoms with E-state index in [9.17, 15) is 5.11 Å². The average molecular weight is 396 g/mol. The van der Waals surface area contributed by atoms with Gasteiger partial charge >= 0.3 is 0 Å². The van der Waals surface area contributed by atoms with Crippen molar-refractivity contribution in [1.82, 2.24) is 0 Å². The lowest BCUT2D eigenvalue weighted by Gasteiger charge is -2.05. The van der Waals surface area contributed by atoms with Gasteiger partial charge in [-0.1, -0.05) is 19.8 Å². The Balaban J connectivity index is 0.000000555. The van der Waals surface area contributed by atoms with Crippen molar-refractivity contribution in [3.8, 4) is 5.75 Å². The molecule has 0 saturated heterocycles. The maximum absolute atomic E-state index is 9.51. The summed E-state index contributed by atoms with van der Waals surface area (Å²) in [4.78, 5) is 0. The molecule has 0 amide bonds. The van der Waals surface area contributed by atoms with Crippen LogP contribution in [0.4, 0.5) is 0 Å². The van der Waals surface area contributed by atoms with Gasteiger partial charge in [0.1, 0.15) is 5.75 Å². The van der Waals surface area contributed by atoms with Gasteiger partial charge in [-0.3, -0.25) is 0 Å². The largest absolute Gasteiger partial charge is 0.506 e. The first-order valence-corrected chi connectivity index (χ1v) is 8.13. The minimum Gasteiger partial charge on any atom is -0.506 e. The molecule has 5 N–H and O–H groups in total. The van der Waals surface area contributed by atoms with E-state index >= 15 is 0 Å². The number of phenolic OH excluding ortho intramolecular Hbond substituents is 1. The zero-order chi connectivity index (χ0) is 14.8. The molecule has 1 atom stereocenters. The van der Waals surface area contributed by atoms with Crippen molar-refractivity contribution in [3.05, 3.63) is 26.6 Å². The second-order valence-corrected chi connectivity index (χ2v) is 6.29. The molecule has 3 nitrogen and oxygen atoms in total. The van der Waals surface area contributed by atoms with Gasteiger partial charge in [0.15, 0.2) is 0 Å². The highest BCUT2D eigenvalue weighted by atomic mass is 79.9. The highest BCUT2D eigenvalue weighted by Gasteiger charge is 2.05. The molecular formula is C14H24Br2N2O. The molecular weight excluding hydrogens is 372 g/mol. The molecule has 1 aromatic rings. The van der Waals surface area contributed by atoms with Crippen molar-refractivity contribution >= 4 is 31.9 Å². The molecule has 0 aromatic heterocycles. The van der Waals surface area contributed by atoms with Crippen LogP contribution < -0.4 is 11.5 Å². The van der Waals surface area contributed by atoms with Crippen LogP contribution in [0.1, 0.15) is 38.7 Å². The molecule has 110 valence electrons. The second kappa shape index (κ2) is 10.7. The van der Waals surface area contributed by atoms with Crippen molar-refractivity contribution in [2.45, 2.75) is 45.6 Å². The highest BCUT2D eigenvalue weighted by molar-refractivity contribution is 9.11. The number of aryl methyl sites for hydroxylation is 1. The first kappa shape index (κ1) is 18.9. The molecule has 19 heavy (non-hydrogen) atoms. The number of benzene rings is 1. The van der Waals surface area contributed by atoms with Gasteiger partial charge in [-0.25, -0.2) is 0 Å². The van der Waals surface area contributed by atoms with Gasteiger partial charge in [0.25, 0.3) is 0 Å². The van der Waals surface area contributed by atoms with Crippen LogP contribution in [0.2, 0.25) is 0 Å². The fourth-order valence-electron chi connectivity index (χ4n) is 1.34. The molecule has 0 bridgehead atoms. The number of phenols is 1. The summed E-state index contributed by atoms with van der Waals surface area (Å²) in [5.74, 6) is 0.282. The number of rotatable bonds is 5. The minimum atomic E-state index is 0.162. The molecule has 0 aliphatic carbocycles. The zero-order valence-corrected chi connectivity index (χ0v) is 14.8. The first-order chi connectivity index (χ1) is 8.92. The molecule has 0 aliphatic heterocycles. The van der Waals surface area contributed by atoms with Crippen LogP contribution in [0.15, 0.2) is 21.1 Å². The number of halogens is 2. The highest BCUT2D eigenvalue weighted by Crippen LogP contribution is 2.33. The predicted octanol–water partition coefficient (Wildman–Crippen LogP) is 3.94. The Morgan fingerprint density at radius 2 is 1.68 bits per heavy atom. The third-order valence-corrected chi connectivity index (χ3v) is 3.73. The van der Waals surface area contributed by atoms with Crippen LogP contribution in [0.3, 0.4) is 0 Å². The van der Waals surface area contributed by atoms with E-state index in [4.69, 9.17) is 11.5 Å². The summed E-state index contributed by atoms with van der Waals surface area (Å²) in [5, 5.41) is 9.51. The van der Waals surface area contributed by atoms with E-state index in [1.54, 1.807) is 0 Å². The standard InChI is InChI=1S/C11H14Br2O.C3H10N2/c1-2-3-4-5-8-6-9(12)11(14)10(13)7-8;1-3(5)2-4/h6-7,14H,2-5H2,1H3;3H,2,4-5H2,1H3. The number of hydrogen-bond acceptors (Lipinski definition) is 3. The molecule has 1 unspecified atom stereocenters. The SMILES string of the molecule is CC(N)CN.CCCCCc1cc(Br)c(O)c(Br)c1. The Labute approximate surface area is 133 Å². The van der Waals surface area contributed by atoms with Gasteiger partial charge in [-0.15, -0.1) is 0 Å². The van der Waals surface area contributed by atoms with E-state index in [2.05, 4.69) is 38.8 Å². The number of aromatic hydroxyl groups is 1. The van der Waals surface area contributed by atoms with E-state index in [1.807, 2.05) is 19.1 Å². The molecule has 1 aromatic carbocycles. The third kappa shape index (κ3) is 8.63. The van der Waals surface area contributed by atoms with Crippen molar-refractivity contribution < 1.29 is 5.11 Å². The van der Waals surface area contributed by atoms with Gasteiger partial charge < -0.3 is 16.6 Å². The Morgan fingerprint density at radius 3 is 2.05 bits per heavy atom. The van der Waals surface area contributed by atoms with Crippen LogP contribution in [0, 0.1) is 0 Å². The Kier molecular flexibility index (Phi) is 10.6. The number of unbranched alkanes of at least 4 members (excludes halogenated alkanes) is 2. The average Bonchev–Trinajstić information content (AvgIpc) is 2.37. The molecule has 1 rings (SSSR count). The summed E-state index contributed by atoms with van der Waals surface area (Å²) >= 11 is 6.65. The lowest BCUT2D eigenvalue weighted by molar-refractivity contribution is 0.468. The van der Waals surface area contributed by atoms with Crippen molar-refractivity contribution in [1.29, 1.82) is 0 Å². The molecule has 0 aliphatic rings. The summed E-state index contributed by atoms with van der Waals surface area (Å²) in [7, 11) is 0. The number of nitrogens with two attached hydrogens (primary N) is 2. The Morgan fingerprint density at radius 1 is 1.21 bits per heavy atom. The minimum absolute atomic E-state index is 0.162. The summed E-state index contributed by atoms with van der Waals surface area (Å²) in [6, 6.07) is 4.13. The summed E-state index contributed by atoms with van der Waals surface area (Å²) in [6.07, 6.45) is 4.78. The Bertz CT molecular complexity index is 347. The van der Waals surface area contributed by atoms with Crippen molar-refractivity contribution in [2.75, 3.05) is 6.54 Å². The van der Waals surface area contributed by atoms with Crippen LogP contribution in [0.25, 0.3) is 0 Å².